The topological polar surface area (TPSA) is 70.7 Å². The van der Waals surface area contributed by atoms with Crippen molar-refractivity contribution in [3.63, 3.8) is 0 Å². The molecule has 6 nitrogen and oxygen atoms in total. The Hall–Kier alpha value is -3.32. The Bertz CT molecular complexity index is 1070. The van der Waals surface area contributed by atoms with Gasteiger partial charge >= 0.3 is 0 Å². The minimum atomic E-state index is -0.559. The Morgan fingerprint density at radius 2 is 1.83 bits per heavy atom. The minimum absolute atomic E-state index is 0.172. The predicted octanol–water partition coefficient (Wildman–Crippen LogP) is 4.30. The first-order valence-electron chi connectivity index (χ1n) is 9.42. The van der Waals surface area contributed by atoms with E-state index >= 15 is 0 Å². The summed E-state index contributed by atoms with van der Waals surface area (Å²) in [4.78, 5) is 26.0. The lowest BCUT2D eigenvalue weighted by molar-refractivity contribution is -0.125. The summed E-state index contributed by atoms with van der Waals surface area (Å²) in [5.41, 5.74) is 5.67. The molecule has 2 amide bonds. The summed E-state index contributed by atoms with van der Waals surface area (Å²) in [6, 6.07) is 22.2. The van der Waals surface area contributed by atoms with E-state index in [1.807, 2.05) is 66.7 Å². The number of anilines is 1. The van der Waals surface area contributed by atoms with Crippen LogP contribution in [0.2, 0.25) is 0 Å². The molecule has 0 aromatic heterocycles. The van der Waals surface area contributed by atoms with E-state index in [1.54, 1.807) is 13.2 Å². The SMILES string of the molecule is COc1ccc(C2Nc3ccc(Br)cc3C(=O)N2NC(=O)Cc2ccccc2)cc1. The fraction of sp³-hybridized carbons (Fsp3) is 0.130. The molecule has 4 rings (SSSR count). The maximum Gasteiger partial charge on any atom is 0.276 e. The molecule has 1 aliphatic rings. The monoisotopic (exact) mass is 465 g/mol. The van der Waals surface area contributed by atoms with Gasteiger partial charge in [-0.05, 0) is 41.5 Å². The summed E-state index contributed by atoms with van der Waals surface area (Å²) in [5.74, 6) is 0.158. The van der Waals surface area contributed by atoms with Gasteiger partial charge in [0.15, 0.2) is 0 Å². The summed E-state index contributed by atoms with van der Waals surface area (Å²) < 4.78 is 6.02. The van der Waals surface area contributed by atoms with Crippen LogP contribution < -0.4 is 15.5 Å². The molecule has 1 heterocycles. The molecule has 2 N–H and O–H groups in total. The first-order chi connectivity index (χ1) is 14.5. The molecule has 3 aromatic rings. The number of amides is 2. The molecule has 7 heteroatoms. The molecule has 0 bridgehead atoms. The van der Waals surface area contributed by atoms with Crippen LogP contribution in [-0.2, 0) is 11.2 Å². The zero-order valence-corrected chi connectivity index (χ0v) is 17.8. The summed E-state index contributed by atoms with van der Waals surface area (Å²) in [5, 5.41) is 4.71. The summed E-state index contributed by atoms with van der Waals surface area (Å²) >= 11 is 3.41. The number of carbonyl (C=O) groups is 2. The largest absolute Gasteiger partial charge is 0.497 e. The highest BCUT2D eigenvalue weighted by atomic mass is 79.9. The average molecular weight is 466 g/mol. The second-order valence-electron chi connectivity index (χ2n) is 6.88. The summed E-state index contributed by atoms with van der Waals surface area (Å²) in [6.07, 6.45) is -0.387. The van der Waals surface area contributed by atoms with Crippen LogP contribution in [0.15, 0.2) is 77.3 Å². The average Bonchev–Trinajstić information content (AvgIpc) is 2.77. The Morgan fingerprint density at radius 3 is 2.53 bits per heavy atom. The van der Waals surface area contributed by atoms with Crippen LogP contribution in [-0.4, -0.2) is 23.9 Å². The number of nitrogens with zero attached hydrogens (tertiary/aromatic N) is 1. The number of hydrazine groups is 1. The Morgan fingerprint density at radius 1 is 1.10 bits per heavy atom. The Kier molecular flexibility index (Phi) is 5.72. The number of hydrogen-bond acceptors (Lipinski definition) is 4. The van der Waals surface area contributed by atoms with Crippen LogP contribution in [0.3, 0.4) is 0 Å². The van der Waals surface area contributed by atoms with Crippen molar-refractivity contribution in [1.29, 1.82) is 0 Å². The van der Waals surface area contributed by atoms with E-state index in [2.05, 4.69) is 26.7 Å². The van der Waals surface area contributed by atoms with Crippen molar-refractivity contribution in [2.24, 2.45) is 0 Å². The highest BCUT2D eigenvalue weighted by Crippen LogP contribution is 2.34. The highest BCUT2D eigenvalue weighted by Gasteiger charge is 2.34. The predicted molar refractivity (Wildman–Crippen MR) is 118 cm³/mol. The molecule has 0 saturated heterocycles. The molecule has 0 saturated carbocycles. The van der Waals surface area contributed by atoms with Crippen molar-refractivity contribution in [2.75, 3.05) is 12.4 Å². The van der Waals surface area contributed by atoms with E-state index in [4.69, 9.17) is 4.74 Å². The van der Waals surface area contributed by atoms with Crippen LogP contribution in [0.4, 0.5) is 5.69 Å². The van der Waals surface area contributed by atoms with E-state index in [0.29, 0.717) is 17.0 Å². The Balaban J connectivity index is 1.65. The minimum Gasteiger partial charge on any atom is -0.497 e. The number of halogens is 1. The quantitative estimate of drug-likeness (QED) is 0.589. The fourth-order valence-corrected chi connectivity index (χ4v) is 3.73. The van der Waals surface area contributed by atoms with Crippen LogP contribution in [0.1, 0.15) is 27.7 Å². The zero-order valence-electron chi connectivity index (χ0n) is 16.3. The lowest BCUT2D eigenvalue weighted by atomic mass is 10.0. The van der Waals surface area contributed by atoms with Crippen LogP contribution >= 0.6 is 15.9 Å². The second-order valence-corrected chi connectivity index (χ2v) is 7.80. The van der Waals surface area contributed by atoms with Crippen molar-refractivity contribution < 1.29 is 14.3 Å². The third kappa shape index (κ3) is 4.16. The fourth-order valence-electron chi connectivity index (χ4n) is 3.37. The number of methoxy groups -OCH3 is 1. The van der Waals surface area contributed by atoms with Crippen molar-refractivity contribution in [3.05, 3.63) is 94.0 Å². The van der Waals surface area contributed by atoms with Crippen LogP contribution in [0.5, 0.6) is 5.75 Å². The van der Waals surface area contributed by atoms with Gasteiger partial charge in [-0.3, -0.25) is 15.0 Å². The number of hydrogen-bond donors (Lipinski definition) is 2. The van der Waals surface area contributed by atoms with Gasteiger partial charge in [-0.2, -0.15) is 0 Å². The van der Waals surface area contributed by atoms with Gasteiger partial charge < -0.3 is 10.1 Å². The van der Waals surface area contributed by atoms with Gasteiger partial charge in [0.25, 0.3) is 5.91 Å². The first-order valence-corrected chi connectivity index (χ1v) is 10.2. The lowest BCUT2D eigenvalue weighted by Crippen LogP contribution is -2.53. The normalized spacial score (nSPS) is 15.2. The number of benzene rings is 3. The summed E-state index contributed by atoms with van der Waals surface area (Å²) in [6.45, 7) is 0. The van der Waals surface area contributed by atoms with Gasteiger partial charge in [0, 0.05) is 10.2 Å². The van der Waals surface area contributed by atoms with Crippen molar-refractivity contribution in [3.8, 4) is 5.75 Å². The van der Waals surface area contributed by atoms with E-state index in [1.165, 1.54) is 5.01 Å². The van der Waals surface area contributed by atoms with Gasteiger partial charge in [0.05, 0.1) is 19.1 Å². The van der Waals surface area contributed by atoms with E-state index < -0.39 is 6.17 Å². The maximum atomic E-state index is 13.3. The molecule has 0 spiro atoms. The smallest absolute Gasteiger partial charge is 0.276 e. The number of carbonyl (C=O) groups excluding carboxylic acids is 2. The highest BCUT2D eigenvalue weighted by molar-refractivity contribution is 9.10. The molecule has 1 aliphatic heterocycles. The van der Waals surface area contributed by atoms with Crippen molar-refractivity contribution >= 4 is 33.4 Å². The van der Waals surface area contributed by atoms with Crippen LogP contribution in [0, 0.1) is 0 Å². The number of fused-ring (bicyclic) bond motifs is 1. The molecule has 0 radical (unpaired) electrons. The summed E-state index contributed by atoms with van der Waals surface area (Å²) in [7, 11) is 1.60. The number of rotatable bonds is 5. The first kappa shape index (κ1) is 20.0. The van der Waals surface area contributed by atoms with E-state index in [0.717, 1.165) is 15.6 Å². The maximum absolute atomic E-state index is 13.3. The number of nitrogens with one attached hydrogen (secondary N) is 2. The molecule has 0 fully saturated rings. The lowest BCUT2D eigenvalue weighted by Gasteiger charge is -2.38. The molecule has 1 atom stereocenters. The standard InChI is InChI=1S/C23H20BrN3O3/c1-30-18-10-7-16(8-11-18)22-25-20-12-9-17(24)14-19(20)23(29)27(22)26-21(28)13-15-5-3-2-4-6-15/h2-12,14,22,25H,13H2,1H3,(H,26,28). The van der Waals surface area contributed by atoms with Crippen molar-refractivity contribution in [1.82, 2.24) is 10.4 Å². The molecular formula is C23H20BrN3O3. The molecule has 3 aromatic carbocycles. The second kappa shape index (κ2) is 8.59. The van der Waals surface area contributed by atoms with Crippen LogP contribution in [0.25, 0.3) is 0 Å². The molecule has 1 unspecified atom stereocenters. The zero-order chi connectivity index (χ0) is 21.1. The van der Waals surface area contributed by atoms with E-state index in [-0.39, 0.29) is 18.2 Å². The molecule has 30 heavy (non-hydrogen) atoms. The third-order valence-electron chi connectivity index (χ3n) is 4.87. The van der Waals surface area contributed by atoms with E-state index in [9.17, 15) is 9.59 Å². The van der Waals surface area contributed by atoms with Crippen molar-refractivity contribution in [2.45, 2.75) is 12.6 Å². The van der Waals surface area contributed by atoms with Gasteiger partial charge in [0.1, 0.15) is 11.9 Å². The molecular weight excluding hydrogens is 446 g/mol. The van der Waals surface area contributed by atoms with Gasteiger partial charge in [-0.1, -0.05) is 58.4 Å². The third-order valence-corrected chi connectivity index (χ3v) is 5.36. The van der Waals surface area contributed by atoms with Gasteiger partial charge in [-0.25, -0.2) is 5.01 Å². The molecule has 0 aliphatic carbocycles. The number of ether oxygens (including phenoxy) is 1. The molecule has 152 valence electrons. The van der Waals surface area contributed by atoms with Gasteiger partial charge in [0.2, 0.25) is 5.91 Å². The van der Waals surface area contributed by atoms with Gasteiger partial charge in [-0.15, -0.1) is 0 Å². The Labute approximate surface area is 182 Å².